The van der Waals surface area contributed by atoms with Crippen LogP contribution in [0.2, 0.25) is 5.02 Å². The van der Waals surface area contributed by atoms with E-state index < -0.39 is 0 Å². The highest BCUT2D eigenvalue weighted by atomic mass is 35.5. The standard InChI is InChI=1S/C15H16ClNO/c1-10(2)14-9-17-15(18-3)8-13(14)11-4-6-12(16)7-5-11/h4-10H,1-3H3. The van der Waals surface area contributed by atoms with Crippen LogP contribution in [0.25, 0.3) is 11.1 Å². The first-order valence-corrected chi connectivity index (χ1v) is 6.29. The van der Waals surface area contributed by atoms with Crippen LogP contribution >= 0.6 is 11.6 Å². The van der Waals surface area contributed by atoms with Gasteiger partial charge in [-0.2, -0.15) is 0 Å². The summed E-state index contributed by atoms with van der Waals surface area (Å²) in [5.41, 5.74) is 3.48. The van der Waals surface area contributed by atoms with Gasteiger partial charge in [0.05, 0.1) is 7.11 Å². The lowest BCUT2D eigenvalue weighted by molar-refractivity contribution is 0.397. The molecule has 0 amide bonds. The average Bonchev–Trinajstić information content (AvgIpc) is 2.38. The van der Waals surface area contributed by atoms with Gasteiger partial charge in [-0.3, -0.25) is 0 Å². The van der Waals surface area contributed by atoms with Crippen molar-refractivity contribution in [2.24, 2.45) is 0 Å². The van der Waals surface area contributed by atoms with Crippen molar-refractivity contribution in [2.45, 2.75) is 19.8 Å². The smallest absolute Gasteiger partial charge is 0.213 e. The van der Waals surface area contributed by atoms with E-state index in [1.165, 1.54) is 5.56 Å². The van der Waals surface area contributed by atoms with Crippen molar-refractivity contribution < 1.29 is 4.74 Å². The van der Waals surface area contributed by atoms with E-state index in [1.807, 2.05) is 36.5 Å². The zero-order chi connectivity index (χ0) is 13.1. The molecule has 0 fully saturated rings. The van der Waals surface area contributed by atoms with Crippen LogP contribution in [0.15, 0.2) is 36.5 Å². The molecule has 1 heterocycles. The lowest BCUT2D eigenvalue weighted by atomic mass is 9.94. The van der Waals surface area contributed by atoms with Crippen LogP contribution in [0.1, 0.15) is 25.3 Å². The number of pyridine rings is 1. The molecule has 0 saturated heterocycles. The predicted molar refractivity (Wildman–Crippen MR) is 75.3 cm³/mol. The van der Waals surface area contributed by atoms with Gasteiger partial charge in [-0.1, -0.05) is 37.6 Å². The molecule has 0 aliphatic heterocycles. The average molecular weight is 262 g/mol. The van der Waals surface area contributed by atoms with Crippen molar-refractivity contribution in [2.75, 3.05) is 7.11 Å². The van der Waals surface area contributed by atoms with Crippen LogP contribution in [0, 0.1) is 0 Å². The second kappa shape index (κ2) is 5.40. The number of aromatic nitrogens is 1. The van der Waals surface area contributed by atoms with Crippen LogP contribution in [-0.4, -0.2) is 12.1 Å². The van der Waals surface area contributed by atoms with Gasteiger partial charge in [-0.25, -0.2) is 4.98 Å². The topological polar surface area (TPSA) is 22.1 Å². The van der Waals surface area contributed by atoms with E-state index in [0.717, 1.165) is 16.1 Å². The SMILES string of the molecule is COc1cc(-c2ccc(Cl)cc2)c(C(C)C)cn1. The largest absolute Gasteiger partial charge is 0.481 e. The minimum atomic E-state index is 0.411. The van der Waals surface area contributed by atoms with Crippen LogP contribution < -0.4 is 4.74 Å². The molecular weight excluding hydrogens is 246 g/mol. The van der Waals surface area contributed by atoms with Gasteiger partial charge in [0.2, 0.25) is 5.88 Å². The number of hydrogen-bond donors (Lipinski definition) is 0. The van der Waals surface area contributed by atoms with Crippen LogP contribution in [0.4, 0.5) is 0 Å². The maximum atomic E-state index is 5.92. The van der Waals surface area contributed by atoms with Crippen molar-refractivity contribution in [3.8, 4) is 17.0 Å². The summed E-state index contributed by atoms with van der Waals surface area (Å²) in [4.78, 5) is 4.27. The van der Waals surface area contributed by atoms with Gasteiger partial charge in [0.15, 0.2) is 0 Å². The molecule has 0 N–H and O–H groups in total. The molecule has 0 spiro atoms. The molecule has 3 heteroatoms. The van der Waals surface area contributed by atoms with E-state index in [0.29, 0.717) is 11.8 Å². The Morgan fingerprint density at radius 2 is 1.83 bits per heavy atom. The number of nitrogens with zero attached hydrogens (tertiary/aromatic N) is 1. The zero-order valence-electron chi connectivity index (χ0n) is 10.8. The first kappa shape index (κ1) is 12.9. The molecule has 1 aromatic carbocycles. The third-order valence-electron chi connectivity index (χ3n) is 2.90. The fourth-order valence-electron chi connectivity index (χ4n) is 1.90. The molecule has 18 heavy (non-hydrogen) atoms. The third kappa shape index (κ3) is 2.65. The van der Waals surface area contributed by atoms with E-state index in [4.69, 9.17) is 16.3 Å². The first-order valence-electron chi connectivity index (χ1n) is 5.91. The quantitative estimate of drug-likeness (QED) is 0.810. The number of hydrogen-bond acceptors (Lipinski definition) is 2. The normalized spacial score (nSPS) is 10.7. The molecule has 2 aromatic rings. The molecule has 0 aliphatic rings. The highest BCUT2D eigenvalue weighted by Gasteiger charge is 2.11. The molecule has 2 rings (SSSR count). The molecule has 0 atom stereocenters. The Hall–Kier alpha value is -1.54. The van der Waals surface area contributed by atoms with Crippen LogP contribution in [-0.2, 0) is 0 Å². The van der Waals surface area contributed by atoms with E-state index in [9.17, 15) is 0 Å². The Bertz CT molecular complexity index is 535. The highest BCUT2D eigenvalue weighted by molar-refractivity contribution is 6.30. The van der Waals surface area contributed by atoms with Gasteiger partial charge in [0.1, 0.15) is 0 Å². The van der Waals surface area contributed by atoms with E-state index in [-0.39, 0.29) is 0 Å². The molecule has 0 bridgehead atoms. The fourth-order valence-corrected chi connectivity index (χ4v) is 2.02. The Morgan fingerprint density at radius 1 is 1.17 bits per heavy atom. The Labute approximate surface area is 113 Å². The molecule has 2 nitrogen and oxygen atoms in total. The maximum absolute atomic E-state index is 5.92. The number of benzene rings is 1. The summed E-state index contributed by atoms with van der Waals surface area (Å²) < 4.78 is 5.20. The maximum Gasteiger partial charge on any atom is 0.213 e. The fraction of sp³-hybridized carbons (Fsp3) is 0.267. The van der Waals surface area contributed by atoms with Crippen molar-refractivity contribution >= 4 is 11.6 Å². The zero-order valence-corrected chi connectivity index (χ0v) is 11.5. The Kier molecular flexibility index (Phi) is 3.87. The Morgan fingerprint density at radius 3 is 2.39 bits per heavy atom. The van der Waals surface area contributed by atoms with Crippen molar-refractivity contribution in [3.05, 3.63) is 47.1 Å². The van der Waals surface area contributed by atoms with Gasteiger partial charge in [0, 0.05) is 17.3 Å². The number of halogens is 1. The van der Waals surface area contributed by atoms with Crippen molar-refractivity contribution in [1.29, 1.82) is 0 Å². The highest BCUT2D eigenvalue weighted by Crippen LogP contribution is 2.31. The second-order valence-electron chi connectivity index (χ2n) is 4.48. The van der Waals surface area contributed by atoms with Crippen LogP contribution in [0.3, 0.4) is 0 Å². The van der Waals surface area contributed by atoms with Gasteiger partial charge in [-0.15, -0.1) is 0 Å². The van der Waals surface area contributed by atoms with Crippen molar-refractivity contribution in [1.82, 2.24) is 4.98 Å². The lowest BCUT2D eigenvalue weighted by Gasteiger charge is -2.13. The summed E-state index contributed by atoms with van der Waals surface area (Å²) >= 11 is 5.92. The first-order chi connectivity index (χ1) is 8.61. The lowest BCUT2D eigenvalue weighted by Crippen LogP contribution is -1.96. The molecule has 0 unspecified atom stereocenters. The number of methoxy groups -OCH3 is 1. The predicted octanol–water partition coefficient (Wildman–Crippen LogP) is 4.53. The van der Waals surface area contributed by atoms with Crippen molar-refractivity contribution in [3.63, 3.8) is 0 Å². The molecular formula is C15H16ClNO. The minimum Gasteiger partial charge on any atom is -0.481 e. The summed E-state index contributed by atoms with van der Waals surface area (Å²) in [5, 5.41) is 0.742. The number of rotatable bonds is 3. The summed E-state index contributed by atoms with van der Waals surface area (Å²) in [6.45, 7) is 4.31. The minimum absolute atomic E-state index is 0.411. The summed E-state index contributed by atoms with van der Waals surface area (Å²) in [5.74, 6) is 1.04. The molecule has 0 aliphatic carbocycles. The molecule has 1 aromatic heterocycles. The summed E-state index contributed by atoms with van der Waals surface area (Å²) in [7, 11) is 1.63. The van der Waals surface area contributed by atoms with Gasteiger partial charge < -0.3 is 4.74 Å². The molecule has 94 valence electrons. The van der Waals surface area contributed by atoms with E-state index >= 15 is 0 Å². The second-order valence-corrected chi connectivity index (χ2v) is 4.91. The summed E-state index contributed by atoms with van der Waals surface area (Å²) in [6, 6.07) is 9.80. The number of ether oxygens (including phenoxy) is 1. The van der Waals surface area contributed by atoms with E-state index in [2.05, 4.69) is 18.8 Å². The monoisotopic (exact) mass is 261 g/mol. The van der Waals surface area contributed by atoms with Crippen LogP contribution in [0.5, 0.6) is 5.88 Å². The molecule has 0 saturated carbocycles. The van der Waals surface area contributed by atoms with Gasteiger partial charge in [-0.05, 0) is 34.7 Å². The van der Waals surface area contributed by atoms with E-state index in [1.54, 1.807) is 7.11 Å². The third-order valence-corrected chi connectivity index (χ3v) is 3.15. The summed E-state index contributed by atoms with van der Waals surface area (Å²) in [6.07, 6.45) is 1.88. The van der Waals surface area contributed by atoms with Gasteiger partial charge in [0.25, 0.3) is 0 Å². The van der Waals surface area contributed by atoms with Gasteiger partial charge >= 0.3 is 0 Å². The Balaban J connectivity index is 2.55. The molecule has 0 radical (unpaired) electrons.